The van der Waals surface area contributed by atoms with E-state index < -0.39 is 11.5 Å². The zero-order chi connectivity index (χ0) is 9.19. The Labute approximate surface area is 71.7 Å². The predicted molar refractivity (Wildman–Crippen MR) is 43.8 cm³/mol. The molecule has 0 aromatic carbocycles. The maximum absolute atomic E-state index is 10.5. The number of nitrogens with two attached hydrogens (primary N) is 1. The molecule has 0 aromatic heterocycles. The number of hydrogen-bond donors (Lipinski definition) is 2. The molecule has 0 heterocycles. The van der Waals surface area contributed by atoms with Gasteiger partial charge in [-0.05, 0) is 18.8 Å². The second kappa shape index (κ2) is 3.41. The lowest BCUT2D eigenvalue weighted by Gasteiger charge is -2.26. The first kappa shape index (κ1) is 9.48. The van der Waals surface area contributed by atoms with Gasteiger partial charge in [-0.3, -0.25) is 4.79 Å². The molecule has 0 saturated heterocycles. The van der Waals surface area contributed by atoms with Crippen LogP contribution in [0, 0.1) is 5.92 Å². The first-order valence-electron chi connectivity index (χ1n) is 4.08. The summed E-state index contributed by atoms with van der Waals surface area (Å²) in [6.45, 7) is 0.337. The molecule has 1 unspecified atom stereocenters. The molecule has 4 heteroatoms. The molecule has 0 amide bonds. The van der Waals surface area contributed by atoms with Gasteiger partial charge in [0.25, 0.3) is 0 Å². The van der Waals surface area contributed by atoms with E-state index in [0.29, 0.717) is 12.5 Å². The van der Waals surface area contributed by atoms with Crippen molar-refractivity contribution in [2.75, 3.05) is 13.7 Å². The second-order valence-electron chi connectivity index (χ2n) is 3.51. The van der Waals surface area contributed by atoms with Crippen LogP contribution in [-0.4, -0.2) is 30.3 Å². The summed E-state index contributed by atoms with van der Waals surface area (Å²) in [5.74, 6) is -0.505. The monoisotopic (exact) mass is 173 g/mol. The number of aliphatic carboxylic acids is 1. The van der Waals surface area contributed by atoms with Crippen molar-refractivity contribution >= 4 is 5.97 Å². The van der Waals surface area contributed by atoms with E-state index >= 15 is 0 Å². The highest BCUT2D eigenvalue weighted by Gasteiger charge is 2.43. The van der Waals surface area contributed by atoms with Gasteiger partial charge in [-0.15, -0.1) is 0 Å². The Kier molecular flexibility index (Phi) is 2.69. The molecule has 1 saturated carbocycles. The number of methoxy groups -OCH3 is 1. The van der Waals surface area contributed by atoms with Crippen molar-refractivity contribution < 1.29 is 14.6 Å². The summed E-state index contributed by atoms with van der Waals surface area (Å²) in [6, 6.07) is 0. The maximum atomic E-state index is 10.5. The molecule has 0 radical (unpaired) electrons. The van der Waals surface area contributed by atoms with Crippen LogP contribution in [0.2, 0.25) is 0 Å². The van der Waals surface area contributed by atoms with Crippen LogP contribution in [-0.2, 0) is 9.53 Å². The lowest BCUT2D eigenvalue weighted by Crippen LogP contribution is -2.48. The van der Waals surface area contributed by atoms with Gasteiger partial charge in [0.05, 0.1) is 18.6 Å². The average Bonchev–Trinajstić information content (AvgIpc) is 2.65. The quantitative estimate of drug-likeness (QED) is 0.623. The molecule has 0 spiro atoms. The molecule has 0 aliphatic heterocycles. The van der Waals surface area contributed by atoms with Gasteiger partial charge in [0.1, 0.15) is 0 Å². The minimum atomic E-state index is -0.846. The predicted octanol–water partition coefficient (Wildman–Crippen LogP) is 0.215. The maximum Gasteiger partial charge on any atom is 0.305 e. The molecular formula is C8H15NO3. The molecule has 70 valence electrons. The zero-order valence-corrected chi connectivity index (χ0v) is 7.25. The van der Waals surface area contributed by atoms with Crippen molar-refractivity contribution in [1.29, 1.82) is 0 Å². The molecule has 4 nitrogen and oxygen atoms in total. The van der Waals surface area contributed by atoms with Crippen molar-refractivity contribution in [1.82, 2.24) is 0 Å². The topological polar surface area (TPSA) is 72.5 Å². The Balaban J connectivity index is 2.51. The van der Waals surface area contributed by atoms with Gasteiger partial charge in [0.15, 0.2) is 0 Å². The Morgan fingerprint density at radius 2 is 2.33 bits per heavy atom. The summed E-state index contributed by atoms with van der Waals surface area (Å²) in [7, 11) is 1.55. The average molecular weight is 173 g/mol. The van der Waals surface area contributed by atoms with E-state index in [2.05, 4.69) is 0 Å². The Morgan fingerprint density at radius 3 is 2.67 bits per heavy atom. The van der Waals surface area contributed by atoms with E-state index in [-0.39, 0.29) is 6.42 Å². The van der Waals surface area contributed by atoms with Gasteiger partial charge < -0.3 is 15.6 Å². The van der Waals surface area contributed by atoms with Crippen LogP contribution in [0.1, 0.15) is 19.3 Å². The van der Waals surface area contributed by atoms with Crippen LogP contribution >= 0.6 is 0 Å². The highest BCUT2D eigenvalue weighted by Crippen LogP contribution is 2.40. The van der Waals surface area contributed by atoms with Crippen molar-refractivity contribution in [2.45, 2.75) is 24.8 Å². The van der Waals surface area contributed by atoms with Crippen LogP contribution in [0.25, 0.3) is 0 Å². The minimum absolute atomic E-state index is 0.00546. The molecule has 12 heavy (non-hydrogen) atoms. The molecule has 1 aliphatic rings. The molecule has 1 atom stereocenters. The molecule has 1 aliphatic carbocycles. The number of ether oxygens (including phenoxy) is 1. The van der Waals surface area contributed by atoms with Crippen LogP contribution in [0.5, 0.6) is 0 Å². The summed E-state index contributed by atoms with van der Waals surface area (Å²) in [5.41, 5.74) is 5.27. The third-order valence-electron chi connectivity index (χ3n) is 2.28. The standard InChI is InChI=1S/C8H15NO3/c1-12-5-8(9,4-7(10)11)6-2-3-6/h6H,2-5,9H2,1H3,(H,10,11). The van der Waals surface area contributed by atoms with Crippen molar-refractivity contribution in [3.05, 3.63) is 0 Å². The molecular weight excluding hydrogens is 158 g/mol. The fourth-order valence-corrected chi connectivity index (χ4v) is 1.52. The Bertz CT molecular complexity index is 179. The first-order valence-corrected chi connectivity index (χ1v) is 4.08. The second-order valence-corrected chi connectivity index (χ2v) is 3.51. The number of rotatable bonds is 5. The number of carboxylic acids is 1. The van der Waals surface area contributed by atoms with Gasteiger partial charge in [-0.25, -0.2) is 0 Å². The molecule has 1 rings (SSSR count). The molecule has 1 fully saturated rings. The molecule has 0 aromatic rings. The van der Waals surface area contributed by atoms with E-state index in [4.69, 9.17) is 15.6 Å². The number of hydrogen-bond acceptors (Lipinski definition) is 3. The highest BCUT2D eigenvalue weighted by molar-refractivity contribution is 5.68. The van der Waals surface area contributed by atoms with Crippen molar-refractivity contribution in [2.24, 2.45) is 11.7 Å². The minimum Gasteiger partial charge on any atom is -0.481 e. The Morgan fingerprint density at radius 1 is 1.75 bits per heavy atom. The van der Waals surface area contributed by atoms with Crippen LogP contribution in [0.4, 0.5) is 0 Å². The largest absolute Gasteiger partial charge is 0.481 e. The Hall–Kier alpha value is -0.610. The molecule has 3 N–H and O–H groups in total. The van der Waals surface area contributed by atoms with E-state index in [1.165, 1.54) is 0 Å². The van der Waals surface area contributed by atoms with Crippen LogP contribution in [0.15, 0.2) is 0 Å². The highest BCUT2D eigenvalue weighted by atomic mass is 16.5. The van der Waals surface area contributed by atoms with E-state index in [1.54, 1.807) is 7.11 Å². The van der Waals surface area contributed by atoms with Crippen LogP contribution in [0.3, 0.4) is 0 Å². The third-order valence-corrected chi connectivity index (χ3v) is 2.28. The van der Waals surface area contributed by atoms with Crippen molar-refractivity contribution in [3.63, 3.8) is 0 Å². The normalized spacial score (nSPS) is 21.8. The lowest BCUT2D eigenvalue weighted by molar-refractivity contribution is -0.139. The third kappa shape index (κ3) is 2.19. The van der Waals surface area contributed by atoms with Crippen LogP contribution < -0.4 is 5.73 Å². The van der Waals surface area contributed by atoms with Gasteiger partial charge in [0, 0.05) is 7.11 Å². The number of carboxylic acid groups (broad SMARTS) is 1. The van der Waals surface area contributed by atoms with E-state index in [9.17, 15) is 4.79 Å². The molecule has 0 bridgehead atoms. The SMILES string of the molecule is COCC(N)(CC(=O)O)C1CC1. The van der Waals surface area contributed by atoms with E-state index in [0.717, 1.165) is 12.8 Å². The van der Waals surface area contributed by atoms with Gasteiger partial charge in [0.2, 0.25) is 0 Å². The number of carbonyl (C=O) groups is 1. The summed E-state index contributed by atoms with van der Waals surface area (Å²) < 4.78 is 4.92. The van der Waals surface area contributed by atoms with Gasteiger partial charge in [-0.2, -0.15) is 0 Å². The van der Waals surface area contributed by atoms with Crippen molar-refractivity contribution in [3.8, 4) is 0 Å². The summed E-state index contributed by atoms with van der Waals surface area (Å²) in [4.78, 5) is 10.5. The van der Waals surface area contributed by atoms with Gasteiger partial charge in [-0.1, -0.05) is 0 Å². The zero-order valence-electron chi connectivity index (χ0n) is 7.25. The van der Waals surface area contributed by atoms with E-state index in [1.807, 2.05) is 0 Å². The first-order chi connectivity index (χ1) is 5.58. The van der Waals surface area contributed by atoms with Gasteiger partial charge >= 0.3 is 5.97 Å². The smallest absolute Gasteiger partial charge is 0.305 e. The lowest BCUT2D eigenvalue weighted by atomic mass is 9.92. The fourth-order valence-electron chi connectivity index (χ4n) is 1.52. The summed E-state index contributed by atoms with van der Waals surface area (Å²) >= 11 is 0. The summed E-state index contributed by atoms with van der Waals surface area (Å²) in [6.07, 6.45) is 2.08. The summed E-state index contributed by atoms with van der Waals surface area (Å²) in [5, 5.41) is 8.62. The fraction of sp³-hybridized carbons (Fsp3) is 0.875.